The van der Waals surface area contributed by atoms with Crippen molar-refractivity contribution in [3.8, 4) is 0 Å². The molecule has 0 spiro atoms. The van der Waals surface area contributed by atoms with Crippen LogP contribution in [0, 0.1) is 0 Å². The van der Waals surface area contributed by atoms with Crippen molar-refractivity contribution in [2.24, 2.45) is 0 Å². The zero-order valence-corrected chi connectivity index (χ0v) is 11.2. The molecule has 0 saturated heterocycles. The average Bonchev–Trinajstić information content (AvgIpc) is 2.87. The molecule has 3 rings (SSSR count). The summed E-state index contributed by atoms with van der Waals surface area (Å²) in [6, 6.07) is 7.38. The lowest BCUT2D eigenvalue weighted by Crippen LogP contribution is -2.37. The maximum Gasteiger partial charge on any atom is 0.0772 e. The summed E-state index contributed by atoms with van der Waals surface area (Å²) in [5.41, 5.74) is 4.38. The van der Waals surface area contributed by atoms with Crippen LogP contribution in [0.3, 0.4) is 0 Å². The molecular formula is C16H23NO. The minimum Gasteiger partial charge on any atom is -0.380 e. The summed E-state index contributed by atoms with van der Waals surface area (Å²) in [6.07, 6.45) is 9.27. The molecule has 2 nitrogen and oxygen atoms in total. The number of ether oxygens (including phenoxy) is 1. The molecule has 1 N–H and O–H groups in total. The summed E-state index contributed by atoms with van der Waals surface area (Å²) < 4.78 is 5.61. The Balaban J connectivity index is 1.71. The highest BCUT2D eigenvalue weighted by Gasteiger charge is 2.24. The Morgan fingerprint density at radius 3 is 2.78 bits per heavy atom. The second kappa shape index (κ2) is 5.31. The van der Waals surface area contributed by atoms with E-state index in [0.29, 0.717) is 12.1 Å². The van der Waals surface area contributed by atoms with Gasteiger partial charge in [-0.2, -0.15) is 0 Å². The third-order valence-corrected chi connectivity index (χ3v) is 4.46. The molecule has 1 fully saturated rings. The number of fused-ring (bicyclic) bond motifs is 1. The van der Waals surface area contributed by atoms with E-state index in [0.717, 1.165) is 0 Å². The summed E-state index contributed by atoms with van der Waals surface area (Å²) in [5, 5.41) is 3.69. The van der Waals surface area contributed by atoms with Crippen molar-refractivity contribution in [1.29, 1.82) is 0 Å². The van der Waals surface area contributed by atoms with E-state index in [9.17, 15) is 0 Å². The molecule has 18 heavy (non-hydrogen) atoms. The van der Waals surface area contributed by atoms with Crippen molar-refractivity contribution in [1.82, 2.24) is 0 Å². The molecule has 0 radical (unpaired) electrons. The molecule has 0 heterocycles. The first-order valence-corrected chi connectivity index (χ1v) is 7.28. The van der Waals surface area contributed by atoms with Crippen LogP contribution in [0.15, 0.2) is 18.2 Å². The fourth-order valence-corrected chi connectivity index (χ4v) is 3.42. The van der Waals surface area contributed by atoms with E-state index in [4.69, 9.17) is 4.74 Å². The predicted molar refractivity (Wildman–Crippen MR) is 75.1 cm³/mol. The first-order valence-electron chi connectivity index (χ1n) is 7.28. The maximum atomic E-state index is 5.61. The second-order valence-electron chi connectivity index (χ2n) is 5.65. The van der Waals surface area contributed by atoms with Crippen LogP contribution < -0.4 is 5.32 Å². The molecule has 0 amide bonds. The number of aryl methyl sites for hydroxylation is 2. The lowest BCUT2D eigenvalue weighted by atomic mass is 9.92. The number of methoxy groups -OCH3 is 1. The standard InChI is InChI=1S/C16H23NO/c1-18-16-8-3-2-7-15(16)17-14-10-9-12-5-4-6-13(12)11-14/h9-11,15-17H,2-8H2,1H3/t15-,16-/m0/s1. The monoisotopic (exact) mass is 245 g/mol. The lowest BCUT2D eigenvalue weighted by molar-refractivity contribution is 0.0606. The van der Waals surface area contributed by atoms with Gasteiger partial charge in [-0.1, -0.05) is 18.9 Å². The van der Waals surface area contributed by atoms with Gasteiger partial charge < -0.3 is 10.1 Å². The average molecular weight is 245 g/mol. The number of nitrogens with one attached hydrogen (secondary N) is 1. The van der Waals surface area contributed by atoms with Crippen LogP contribution in [0.4, 0.5) is 5.69 Å². The topological polar surface area (TPSA) is 21.3 Å². The summed E-state index contributed by atoms with van der Waals surface area (Å²) >= 11 is 0. The Morgan fingerprint density at radius 1 is 1.06 bits per heavy atom. The quantitative estimate of drug-likeness (QED) is 0.879. The summed E-state index contributed by atoms with van der Waals surface area (Å²) in [5.74, 6) is 0. The van der Waals surface area contributed by atoms with Gasteiger partial charge in [-0.15, -0.1) is 0 Å². The van der Waals surface area contributed by atoms with Crippen LogP contribution in [-0.4, -0.2) is 19.3 Å². The highest BCUT2D eigenvalue weighted by Crippen LogP contribution is 2.28. The molecule has 2 aliphatic rings. The smallest absolute Gasteiger partial charge is 0.0772 e. The highest BCUT2D eigenvalue weighted by molar-refractivity contribution is 5.50. The third-order valence-electron chi connectivity index (χ3n) is 4.46. The summed E-state index contributed by atoms with van der Waals surface area (Å²) in [7, 11) is 1.84. The molecule has 0 unspecified atom stereocenters. The van der Waals surface area contributed by atoms with Gasteiger partial charge in [0.15, 0.2) is 0 Å². The van der Waals surface area contributed by atoms with Gasteiger partial charge >= 0.3 is 0 Å². The fourth-order valence-electron chi connectivity index (χ4n) is 3.42. The fraction of sp³-hybridized carbons (Fsp3) is 0.625. The van der Waals surface area contributed by atoms with E-state index in [-0.39, 0.29) is 0 Å². The first-order chi connectivity index (χ1) is 8.86. The van der Waals surface area contributed by atoms with Crippen LogP contribution in [-0.2, 0) is 17.6 Å². The Kier molecular flexibility index (Phi) is 3.55. The molecule has 1 aromatic rings. The number of hydrogen-bond acceptors (Lipinski definition) is 2. The SMILES string of the molecule is CO[C@H]1CCCC[C@@H]1Nc1ccc2c(c1)CCC2. The van der Waals surface area contributed by atoms with Gasteiger partial charge in [0.1, 0.15) is 0 Å². The van der Waals surface area contributed by atoms with Crippen molar-refractivity contribution < 1.29 is 4.74 Å². The molecular weight excluding hydrogens is 222 g/mol. The molecule has 2 atom stereocenters. The highest BCUT2D eigenvalue weighted by atomic mass is 16.5. The normalized spacial score (nSPS) is 26.9. The van der Waals surface area contributed by atoms with Crippen LogP contribution in [0.25, 0.3) is 0 Å². The third kappa shape index (κ3) is 2.39. The van der Waals surface area contributed by atoms with E-state index in [1.807, 2.05) is 7.11 Å². The van der Waals surface area contributed by atoms with Crippen molar-refractivity contribution in [3.63, 3.8) is 0 Å². The summed E-state index contributed by atoms with van der Waals surface area (Å²) in [6.45, 7) is 0. The largest absolute Gasteiger partial charge is 0.380 e. The molecule has 1 aromatic carbocycles. The van der Waals surface area contributed by atoms with Crippen molar-refractivity contribution in [3.05, 3.63) is 29.3 Å². The Morgan fingerprint density at radius 2 is 1.89 bits per heavy atom. The molecule has 1 saturated carbocycles. The Hall–Kier alpha value is -1.02. The maximum absolute atomic E-state index is 5.61. The van der Waals surface area contributed by atoms with E-state index >= 15 is 0 Å². The van der Waals surface area contributed by atoms with Gasteiger partial charge in [-0.3, -0.25) is 0 Å². The van der Waals surface area contributed by atoms with E-state index in [2.05, 4.69) is 23.5 Å². The minimum absolute atomic E-state index is 0.381. The molecule has 0 aliphatic heterocycles. The first kappa shape index (κ1) is 12.0. The molecule has 0 bridgehead atoms. The van der Waals surface area contributed by atoms with Crippen molar-refractivity contribution in [2.75, 3.05) is 12.4 Å². The van der Waals surface area contributed by atoms with Crippen LogP contribution >= 0.6 is 0 Å². The number of rotatable bonds is 3. The number of anilines is 1. The van der Waals surface area contributed by atoms with Gasteiger partial charge in [0.25, 0.3) is 0 Å². The molecule has 0 aromatic heterocycles. The van der Waals surface area contributed by atoms with Gasteiger partial charge in [0.05, 0.1) is 12.1 Å². The van der Waals surface area contributed by atoms with Crippen LogP contribution in [0.1, 0.15) is 43.2 Å². The molecule has 2 aliphatic carbocycles. The van der Waals surface area contributed by atoms with Gasteiger partial charge in [0.2, 0.25) is 0 Å². The van der Waals surface area contributed by atoms with Crippen molar-refractivity contribution in [2.45, 2.75) is 57.1 Å². The molecule has 98 valence electrons. The number of benzene rings is 1. The zero-order valence-electron chi connectivity index (χ0n) is 11.2. The molecule has 2 heteroatoms. The summed E-state index contributed by atoms with van der Waals surface area (Å²) in [4.78, 5) is 0. The lowest BCUT2D eigenvalue weighted by Gasteiger charge is -2.32. The Bertz CT molecular complexity index is 416. The zero-order chi connectivity index (χ0) is 12.4. The van der Waals surface area contributed by atoms with E-state index < -0.39 is 0 Å². The van der Waals surface area contributed by atoms with E-state index in [1.165, 1.54) is 50.6 Å². The van der Waals surface area contributed by atoms with E-state index in [1.54, 1.807) is 11.1 Å². The van der Waals surface area contributed by atoms with Gasteiger partial charge in [0, 0.05) is 12.8 Å². The van der Waals surface area contributed by atoms with Gasteiger partial charge in [-0.25, -0.2) is 0 Å². The van der Waals surface area contributed by atoms with Crippen LogP contribution in [0.2, 0.25) is 0 Å². The van der Waals surface area contributed by atoms with Crippen molar-refractivity contribution >= 4 is 5.69 Å². The Labute approximate surface area is 110 Å². The number of hydrogen-bond donors (Lipinski definition) is 1. The predicted octanol–water partition coefficient (Wildman–Crippen LogP) is 3.54. The van der Waals surface area contributed by atoms with Gasteiger partial charge in [-0.05, 0) is 55.4 Å². The minimum atomic E-state index is 0.381. The van der Waals surface area contributed by atoms with Crippen LogP contribution in [0.5, 0.6) is 0 Å². The second-order valence-corrected chi connectivity index (χ2v) is 5.65.